The van der Waals surface area contributed by atoms with Crippen molar-refractivity contribution in [2.75, 3.05) is 5.94 Å². The second-order valence-electron chi connectivity index (χ2n) is 1.35. The Balaban J connectivity index is 2.54. The van der Waals surface area contributed by atoms with E-state index in [4.69, 9.17) is 4.74 Å². The van der Waals surface area contributed by atoms with Crippen molar-refractivity contribution in [3.63, 3.8) is 0 Å². The van der Waals surface area contributed by atoms with Crippen LogP contribution in [0.3, 0.4) is 0 Å². The van der Waals surface area contributed by atoms with Gasteiger partial charge in [-0.05, 0) is 0 Å². The van der Waals surface area contributed by atoms with Crippen LogP contribution in [0.5, 0.6) is 5.88 Å². The van der Waals surface area contributed by atoms with Crippen LogP contribution in [0, 0.1) is 0 Å². The molecule has 0 unspecified atom stereocenters. The number of aromatic nitrogens is 1. The summed E-state index contributed by atoms with van der Waals surface area (Å²) in [5.74, 6) is 1.56. The molecule has 8 heavy (non-hydrogen) atoms. The van der Waals surface area contributed by atoms with Crippen LogP contribution in [0.25, 0.3) is 0 Å². The van der Waals surface area contributed by atoms with Crippen molar-refractivity contribution < 1.29 is 4.74 Å². The van der Waals surface area contributed by atoms with E-state index in [9.17, 15) is 0 Å². The van der Waals surface area contributed by atoms with Crippen LogP contribution in [0.1, 0.15) is 0 Å². The minimum Gasteiger partial charge on any atom is -0.465 e. The monoisotopic (exact) mass is 145 g/mol. The first-order valence-electron chi connectivity index (χ1n) is 2.16. The molecule has 1 aliphatic rings. The van der Waals surface area contributed by atoms with Crippen molar-refractivity contribution in [3.05, 3.63) is 5.51 Å². The fraction of sp³-hybridized carbons (Fsp3) is 0.250. The van der Waals surface area contributed by atoms with Gasteiger partial charge in [-0.1, -0.05) is 11.8 Å². The van der Waals surface area contributed by atoms with Crippen LogP contribution in [0.2, 0.25) is 0 Å². The Morgan fingerprint density at radius 2 is 2.75 bits per heavy atom. The highest BCUT2D eigenvalue weighted by Crippen LogP contribution is 2.37. The zero-order chi connectivity index (χ0) is 5.40. The van der Waals surface area contributed by atoms with Crippen molar-refractivity contribution in [1.29, 1.82) is 0 Å². The zero-order valence-electron chi connectivity index (χ0n) is 3.96. The molecule has 0 aliphatic carbocycles. The number of nitrogens with zero attached hydrogens (tertiary/aromatic N) is 1. The third-order valence-electron chi connectivity index (χ3n) is 0.890. The lowest BCUT2D eigenvalue weighted by molar-refractivity contribution is 0.384. The van der Waals surface area contributed by atoms with E-state index < -0.39 is 0 Å². The molecule has 0 amide bonds. The summed E-state index contributed by atoms with van der Waals surface area (Å²) in [4.78, 5) is 3.97. The van der Waals surface area contributed by atoms with Crippen LogP contribution in [-0.4, -0.2) is 10.9 Å². The molecule has 0 bridgehead atoms. The fourth-order valence-electron chi connectivity index (χ4n) is 0.556. The van der Waals surface area contributed by atoms with Gasteiger partial charge in [0.05, 0.1) is 5.51 Å². The molecule has 2 heterocycles. The van der Waals surface area contributed by atoms with E-state index in [1.807, 2.05) is 0 Å². The van der Waals surface area contributed by atoms with Crippen molar-refractivity contribution in [3.8, 4) is 5.88 Å². The highest BCUT2D eigenvalue weighted by atomic mass is 32.2. The summed E-state index contributed by atoms with van der Waals surface area (Å²) in [5.41, 5.74) is 1.80. The van der Waals surface area contributed by atoms with E-state index in [1.165, 1.54) is 4.21 Å². The summed E-state index contributed by atoms with van der Waals surface area (Å²) < 4.78 is 6.31. The van der Waals surface area contributed by atoms with Gasteiger partial charge in [-0.25, -0.2) is 4.98 Å². The normalized spacial score (nSPS) is 15.5. The van der Waals surface area contributed by atoms with E-state index >= 15 is 0 Å². The van der Waals surface area contributed by atoms with Gasteiger partial charge in [0.25, 0.3) is 0 Å². The number of ether oxygens (including phenoxy) is 1. The molecule has 0 radical (unpaired) electrons. The Morgan fingerprint density at radius 3 is 3.62 bits per heavy atom. The molecule has 0 spiro atoms. The fourth-order valence-corrected chi connectivity index (χ4v) is 2.07. The number of thioether (sulfide) groups is 1. The van der Waals surface area contributed by atoms with Gasteiger partial charge in [0.2, 0.25) is 5.88 Å². The van der Waals surface area contributed by atoms with Gasteiger partial charge in [-0.2, -0.15) is 0 Å². The molecule has 1 aromatic heterocycles. The molecule has 2 rings (SSSR count). The van der Waals surface area contributed by atoms with Crippen LogP contribution in [-0.2, 0) is 0 Å². The lowest BCUT2D eigenvalue weighted by atomic mass is 10.9. The molecule has 42 valence electrons. The van der Waals surface area contributed by atoms with Gasteiger partial charge in [0.15, 0.2) is 0 Å². The van der Waals surface area contributed by atoms with Gasteiger partial charge in [0.1, 0.15) is 10.1 Å². The van der Waals surface area contributed by atoms with Crippen LogP contribution >= 0.6 is 23.1 Å². The maximum Gasteiger partial charge on any atom is 0.239 e. The largest absolute Gasteiger partial charge is 0.465 e. The molecular weight excluding hydrogens is 142 g/mol. The second-order valence-corrected chi connectivity index (χ2v) is 3.40. The highest BCUT2D eigenvalue weighted by Gasteiger charge is 2.14. The van der Waals surface area contributed by atoms with E-state index in [0.717, 1.165) is 11.8 Å². The average Bonchev–Trinajstić information content (AvgIpc) is 2.15. The van der Waals surface area contributed by atoms with Crippen LogP contribution < -0.4 is 4.74 Å². The SMILES string of the molecule is c1nc2c(s1)SCO2. The Labute approximate surface area is 54.9 Å². The van der Waals surface area contributed by atoms with Crippen molar-refractivity contribution in [1.82, 2.24) is 4.98 Å². The molecule has 0 saturated heterocycles. The van der Waals surface area contributed by atoms with E-state index in [0.29, 0.717) is 0 Å². The molecule has 2 nitrogen and oxygen atoms in total. The standard InChI is InChI=1S/C4H3NOS2/c1-5-3-4(7-1)8-2-6-3/h1H,2H2. The maximum absolute atomic E-state index is 5.10. The minimum atomic E-state index is 0.745. The first kappa shape index (κ1) is 4.64. The summed E-state index contributed by atoms with van der Waals surface area (Å²) in [6, 6.07) is 0. The molecule has 0 aromatic carbocycles. The second kappa shape index (κ2) is 1.63. The molecule has 1 aromatic rings. The first-order chi connectivity index (χ1) is 3.97. The van der Waals surface area contributed by atoms with E-state index in [1.54, 1.807) is 28.6 Å². The summed E-state index contributed by atoms with van der Waals surface area (Å²) in [6.45, 7) is 0. The summed E-state index contributed by atoms with van der Waals surface area (Å²) >= 11 is 3.35. The third-order valence-corrected chi connectivity index (χ3v) is 2.80. The predicted molar refractivity (Wildman–Crippen MR) is 33.5 cm³/mol. The lowest BCUT2D eigenvalue weighted by Crippen LogP contribution is -1.82. The van der Waals surface area contributed by atoms with Crippen molar-refractivity contribution >= 4 is 23.1 Å². The maximum atomic E-state index is 5.10. The quantitative estimate of drug-likeness (QED) is 0.553. The Bertz CT molecular complexity index is 179. The summed E-state index contributed by atoms with van der Waals surface area (Å²) in [5, 5.41) is 0. The average molecular weight is 145 g/mol. The van der Waals surface area contributed by atoms with Gasteiger partial charge in [-0.15, -0.1) is 11.3 Å². The van der Waals surface area contributed by atoms with E-state index in [2.05, 4.69) is 4.98 Å². The molecule has 0 N–H and O–H groups in total. The number of hydrogen-bond acceptors (Lipinski definition) is 4. The summed E-state index contributed by atoms with van der Waals surface area (Å²) in [6.07, 6.45) is 0. The topological polar surface area (TPSA) is 22.1 Å². The minimum absolute atomic E-state index is 0.745. The first-order valence-corrected chi connectivity index (χ1v) is 4.02. The zero-order valence-corrected chi connectivity index (χ0v) is 5.59. The Morgan fingerprint density at radius 1 is 1.75 bits per heavy atom. The molecule has 0 saturated carbocycles. The Kier molecular flexibility index (Phi) is 0.947. The number of rotatable bonds is 0. The molecule has 1 aliphatic heterocycles. The summed E-state index contributed by atoms with van der Waals surface area (Å²) in [7, 11) is 0. The van der Waals surface area contributed by atoms with Crippen LogP contribution in [0.4, 0.5) is 0 Å². The smallest absolute Gasteiger partial charge is 0.239 e. The third kappa shape index (κ3) is 0.530. The Hall–Kier alpha value is -0.220. The van der Waals surface area contributed by atoms with Crippen molar-refractivity contribution in [2.24, 2.45) is 0 Å². The predicted octanol–water partition coefficient (Wildman–Crippen LogP) is 1.59. The molecular formula is C4H3NOS2. The number of fused-ring (bicyclic) bond motifs is 1. The van der Waals surface area contributed by atoms with E-state index in [-0.39, 0.29) is 0 Å². The van der Waals surface area contributed by atoms with Gasteiger partial charge >= 0.3 is 0 Å². The molecule has 0 fully saturated rings. The van der Waals surface area contributed by atoms with Crippen LogP contribution in [0.15, 0.2) is 9.72 Å². The number of thiazole rings is 1. The van der Waals surface area contributed by atoms with Gasteiger partial charge in [0, 0.05) is 0 Å². The highest BCUT2D eigenvalue weighted by molar-refractivity contribution is 8.01. The molecule has 4 heteroatoms. The number of hydrogen-bond donors (Lipinski definition) is 0. The van der Waals surface area contributed by atoms with Gasteiger partial charge in [-0.3, -0.25) is 0 Å². The molecule has 0 atom stereocenters. The lowest BCUT2D eigenvalue weighted by Gasteiger charge is -1.84. The van der Waals surface area contributed by atoms with Crippen molar-refractivity contribution in [2.45, 2.75) is 4.21 Å². The van der Waals surface area contributed by atoms with Gasteiger partial charge < -0.3 is 4.74 Å².